The highest BCUT2D eigenvalue weighted by Gasteiger charge is 2.39. The summed E-state index contributed by atoms with van der Waals surface area (Å²) < 4.78 is 41.1. The molecular formula is C26H24F2N4O5. The van der Waals surface area contributed by atoms with Gasteiger partial charge in [-0.2, -0.15) is 18.9 Å². The number of ether oxygens (including phenoxy) is 3. The highest BCUT2D eigenvalue weighted by Crippen LogP contribution is 2.38. The number of nitrogens with one attached hydrogen (secondary N) is 1. The first-order valence-electron chi connectivity index (χ1n) is 11.3. The number of benzene rings is 2. The van der Waals surface area contributed by atoms with Gasteiger partial charge in [0, 0.05) is 23.6 Å². The van der Waals surface area contributed by atoms with Gasteiger partial charge in [-0.25, -0.2) is 4.79 Å². The van der Waals surface area contributed by atoms with Gasteiger partial charge in [0.25, 0.3) is 5.91 Å². The maximum absolute atomic E-state index is 12.9. The SMILES string of the molecule is CCC1(c2ccc(OC)c(OC(F)F)c2)C=NN(Cc2ccc(NC(=O)c3cccnc3)cc2)C(=O)O1. The van der Waals surface area contributed by atoms with Crippen LogP contribution in [0.2, 0.25) is 0 Å². The van der Waals surface area contributed by atoms with E-state index in [4.69, 9.17) is 9.47 Å². The Morgan fingerprint density at radius 1 is 1.16 bits per heavy atom. The molecule has 4 rings (SSSR count). The number of carbonyl (C=O) groups excluding carboxylic acids is 2. The summed E-state index contributed by atoms with van der Waals surface area (Å²) in [7, 11) is 1.34. The van der Waals surface area contributed by atoms with Gasteiger partial charge >= 0.3 is 12.7 Å². The molecule has 1 N–H and O–H groups in total. The first kappa shape index (κ1) is 25.5. The lowest BCUT2D eigenvalue weighted by atomic mass is 9.91. The summed E-state index contributed by atoms with van der Waals surface area (Å²) in [6.07, 6.45) is 4.12. The van der Waals surface area contributed by atoms with E-state index in [1.165, 1.54) is 31.7 Å². The molecule has 1 aromatic heterocycles. The molecule has 1 atom stereocenters. The number of halogens is 2. The van der Waals surface area contributed by atoms with Gasteiger partial charge in [0.1, 0.15) is 0 Å². The lowest BCUT2D eigenvalue weighted by Crippen LogP contribution is -2.43. The second kappa shape index (κ2) is 11.0. The summed E-state index contributed by atoms with van der Waals surface area (Å²) >= 11 is 0. The van der Waals surface area contributed by atoms with Crippen molar-refractivity contribution in [3.05, 3.63) is 83.7 Å². The van der Waals surface area contributed by atoms with E-state index in [9.17, 15) is 18.4 Å². The summed E-state index contributed by atoms with van der Waals surface area (Å²) in [6.45, 7) is -1.14. The van der Waals surface area contributed by atoms with Crippen LogP contribution < -0.4 is 14.8 Å². The fourth-order valence-electron chi connectivity index (χ4n) is 3.75. The van der Waals surface area contributed by atoms with Crippen molar-refractivity contribution in [2.45, 2.75) is 32.1 Å². The third-order valence-corrected chi connectivity index (χ3v) is 5.75. The zero-order chi connectivity index (χ0) is 26.4. The first-order chi connectivity index (χ1) is 17.8. The van der Waals surface area contributed by atoms with Crippen molar-refractivity contribution in [2.75, 3.05) is 12.4 Å². The summed E-state index contributed by atoms with van der Waals surface area (Å²) in [6, 6.07) is 14.7. The molecule has 2 amide bonds. The van der Waals surface area contributed by atoms with Gasteiger partial charge in [-0.3, -0.25) is 9.78 Å². The molecule has 2 heterocycles. The second-order valence-electron chi connectivity index (χ2n) is 8.05. The number of aromatic nitrogens is 1. The number of methoxy groups -OCH3 is 1. The molecule has 0 spiro atoms. The van der Waals surface area contributed by atoms with Crippen LogP contribution in [0.4, 0.5) is 19.3 Å². The fraction of sp³-hybridized carbons (Fsp3) is 0.231. The molecule has 2 aromatic carbocycles. The minimum Gasteiger partial charge on any atom is -0.493 e. The Hall–Kier alpha value is -4.54. The van der Waals surface area contributed by atoms with Crippen molar-refractivity contribution in [1.29, 1.82) is 0 Å². The number of rotatable bonds is 9. The number of carbonyl (C=O) groups is 2. The van der Waals surface area contributed by atoms with E-state index in [0.717, 1.165) is 10.6 Å². The minimum atomic E-state index is -3.05. The third kappa shape index (κ3) is 5.83. The molecule has 1 aliphatic rings. The maximum Gasteiger partial charge on any atom is 0.431 e. The predicted molar refractivity (Wildman–Crippen MR) is 131 cm³/mol. The molecule has 11 heteroatoms. The van der Waals surface area contributed by atoms with Crippen molar-refractivity contribution in [1.82, 2.24) is 9.99 Å². The van der Waals surface area contributed by atoms with E-state index in [0.29, 0.717) is 23.2 Å². The molecule has 0 saturated heterocycles. The smallest absolute Gasteiger partial charge is 0.431 e. The van der Waals surface area contributed by atoms with Crippen LogP contribution in [0.1, 0.15) is 34.8 Å². The van der Waals surface area contributed by atoms with E-state index in [1.807, 2.05) is 0 Å². The first-order valence-corrected chi connectivity index (χ1v) is 11.3. The van der Waals surface area contributed by atoms with Crippen LogP contribution in [-0.4, -0.2) is 41.9 Å². The van der Waals surface area contributed by atoms with Gasteiger partial charge in [0.2, 0.25) is 0 Å². The Bertz CT molecular complexity index is 1290. The zero-order valence-electron chi connectivity index (χ0n) is 20.1. The molecule has 0 radical (unpaired) electrons. The Labute approximate surface area is 211 Å². The topological polar surface area (TPSA) is 102 Å². The summed E-state index contributed by atoms with van der Waals surface area (Å²) in [5.41, 5.74) is 0.904. The van der Waals surface area contributed by atoms with Gasteiger partial charge in [0.05, 0.1) is 25.4 Å². The molecule has 1 unspecified atom stereocenters. The predicted octanol–water partition coefficient (Wildman–Crippen LogP) is 5.19. The number of hydrogen-bond acceptors (Lipinski definition) is 7. The number of pyridine rings is 1. The van der Waals surface area contributed by atoms with Crippen LogP contribution in [0.5, 0.6) is 11.5 Å². The minimum absolute atomic E-state index is 0.119. The number of cyclic esters (lactones) is 1. The monoisotopic (exact) mass is 510 g/mol. The van der Waals surface area contributed by atoms with Gasteiger partial charge in [-0.1, -0.05) is 25.1 Å². The largest absolute Gasteiger partial charge is 0.493 e. The molecule has 0 aliphatic carbocycles. The molecule has 192 valence electrons. The normalized spacial score (nSPS) is 16.9. The molecule has 0 bridgehead atoms. The van der Waals surface area contributed by atoms with Gasteiger partial charge in [-0.15, -0.1) is 0 Å². The lowest BCUT2D eigenvalue weighted by molar-refractivity contribution is -0.0516. The van der Waals surface area contributed by atoms with E-state index in [1.54, 1.807) is 55.6 Å². The molecule has 0 fully saturated rings. The molecular weight excluding hydrogens is 486 g/mol. The van der Waals surface area contributed by atoms with Crippen molar-refractivity contribution in [2.24, 2.45) is 5.10 Å². The Balaban J connectivity index is 1.47. The van der Waals surface area contributed by atoms with E-state index in [-0.39, 0.29) is 24.0 Å². The number of amides is 2. The number of hydrazone groups is 1. The lowest BCUT2D eigenvalue weighted by Gasteiger charge is -2.35. The van der Waals surface area contributed by atoms with Crippen LogP contribution in [0.25, 0.3) is 0 Å². The van der Waals surface area contributed by atoms with Gasteiger partial charge in [0.15, 0.2) is 17.1 Å². The Morgan fingerprint density at radius 3 is 2.57 bits per heavy atom. The van der Waals surface area contributed by atoms with Crippen LogP contribution >= 0.6 is 0 Å². The average molecular weight is 510 g/mol. The van der Waals surface area contributed by atoms with Crippen molar-refractivity contribution in [3.8, 4) is 11.5 Å². The summed E-state index contributed by atoms with van der Waals surface area (Å²) in [4.78, 5) is 29.1. The number of anilines is 1. The standard InChI is InChI=1S/C26H24F2N4O5/c1-3-26(19-8-11-21(35-2)22(13-19)36-24(27)28)16-30-32(25(34)37-26)15-17-6-9-20(10-7-17)31-23(33)18-5-4-12-29-14-18/h4-14,16,24H,3,15H2,1-2H3,(H,31,33). The Kier molecular flexibility index (Phi) is 7.61. The summed E-state index contributed by atoms with van der Waals surface area (Å²) in [5, 5.41) is 8.22. The van der Waals surface area contributed by atoms with Crippen molar-refractivity contribution >= 4 is 23.9 Å². The fourth-order valence-corrected chi connectivity index (χ4v) is 3.75. The zero-order valence-corrected chi connectivity index (χ0v) is 20.1. The molecule has 3 aromatic rings. The van der Waals surface area contributed by atoms with Crippen LogP contribution in [0.3, 0.4) is 0 Å². The van der Waals surface area contributed by atoms with E-state index in [2.05, 4.69) is 20.1 Å². The Morgan fingerprint density at radius 2 is 1.95 bits per heavy atom. The number of nitrogens with zero attached hydrogens (tertiary/aromatic N) is 3. The summed E-state index contributed by atoms with van der Waals surface area (Å²) in [5.74, 6) is -0.344. The highest BCUT2D eigenvalue weighted by molar-refractivity contribution is 6.04. The molecule has 1 aliphatic heterocycles. The quantitative estimate of drug-likeness (QED) is 0.425. The molecule has 0 saturated carbocycles. The van der Waals surface area contributed by atoms with E-state index < -0.39 is 18.3 Å². The average Bonchev–Trinajstić information content (AvgIpc) is 2.91. The number of hydrogen-bond donors (Lipinski definition) is 1. The van der Waals surface area contributed by atoms with Crippen molar-refractivity contribution < 1.29 is 32.6 Å². The molecule has 9 nitrogen and oxygen atoms in total. The third-order valence-electron chi connectivity index (χ3n) is 5.75. The van der Waals surface area contributed by atoms with E-state index >= 15 is 0 Å². The van der Waals surface area contributed by atoms with Crippen LogP contribution in [-0.2, 0) is 16.9 Å². The van der Waals surface area contributed by atoms with Crippen LogP contribution in [0.15, 0.2) is 72.1 Å². The highest BCUT2D eigenvalue weighted by atomic mass is 19.3. The van der Waals surface area contributed by atoms with Gasteiger partial charge in [-0.05, 0) is 48.4 Å². The van der Waals surface area contributed by atoms with Crippen molar-refractivity contribution in [3.63, 3.8) is 0 Å². The molecule has 37 heavy (non-hydrogen) atoms. The second-order valence-corrected chi connectivity index (χ2v) is 8.05. The van der Waals surface area contributed by atoms with Gasteiger partial charge < -0.3 is 19.5 Å². The number of alkyl halides is 2. The van der Waals surface area contributed by atoms with Crippen LogP contribution in [0, 0.1) is 0 Å². The maximum atomic E-state index is 12.9.